The SMILES string of the molecule is N#CCC1CCC(n2c(CNC(=O)c3ccccc3)nc3cnc4[nH]ccc4c32)CC1. The number of rotatable bonds is 5. The fraction of sp³-hybridized carbons (Fsp3) is 0.333. The standard InChI is InChI=1S/C24H24N6O/c25-12-10-16-6-8-18(9-7-16)30-21(15-28-24(31)17-4-2-1-3-5-17)29-20-14-27-23-19(22(20)30)11-13-26-23/h1-5,11,13-14,16,18H,6-10,15H2,(H,26,27)(H,28,31). The van der Waals surface area contributed by atoms with Gasteiger partial charge in [0.25, 0.3) is 5.91 Å². The number of carbonyl (C=O) groups excluding carboxylic acids is 1. The summed E-state index contributed by atoms with van der Waals surface area (Å²) in [6.07, 6.45) is 8.41. The van der Waals surface area contributed by atoms with Gasteiger partial charge < -0.3 is 14.9 Å². The van der Waals surface area contributed by atoms with Gasteiger partial charge in [0.05, 0.1) is 24.3 Å². The van der Waals surface area contributed by atoms with Crippen LogP contribution in [0.2, 0.25) is 0 Å². The number of fused-ring (bicyclic) bond motifs is 3. The van der Waals surface area contributed by atoms with E-state index in [-0.39, 0.29) is 5.91 Å². The fourth-order valence-electron chi connectivity index (χ4n) is 4.75. The van der Waals surface area contributed by atoms with Gasteiger partial charge in [0.1, 0.15) is 17.0 Å². The van der Waals surface area contributed by atoms with Crippen molar-refractivity contribution in [2.24, 2.45) is 5.92 Å². The summed E-state index contributed by atoms with van der Waals surface area (Å²) < 4.78 is 2.31. The number of nitrogens with one attached hydrogen (secondary N) is 2. The van der Waals surface area contributed by atoms with Gasteiger partial charge in [-0.15, -0.1) is 0 Å². The highest BCUT2D eigenvalue weighted by Crippen LogP contribution is 2.37. The Labute approximate surface area is 180 Å². The van der Waals surface area contributed by atoms with E-state index in [1.54, 1.807) is 6.20 Å². The zero-order chi connectivity index (χ0) is 21.2. The molecule has 3 heterocycles. The first-order valence-corrected chi connectivity index (χ1v) is 10.8. The summed E-state index contributed by atoms with van der Waals surface area (Å²) in [5.74, 6) is 1.21. The maximum Gasteiger partial charge on any atom is 0.251 e. The largest absolute Gasteiger partial charge is 0.346 e. The summed E-state index contributed by atoms with van der Waals surface area (Å²) in [7, 11) is 0. The Morgan fingerprint density at radius 2 is 2.00 bits per heavy atom. The average Bonchev–Trinajstić information content (AvgIpc) is 3.43. The van der Waals surface area contributed by atoms with Crippen LogP contribution in [-0.2, 0) is 6.54 Å². The van der Waals surface area contributed by atoms with Crippen LogP contribution in [0.3, 0.4) is 0 Å². The Morgan fingerprint density at radius 3 is 2.77 bits per heavy atom. The zero-order valence-electron chi connectivity index (χ0n) is 17.2. The molecule has 5 rings (SSSR count). The third kappa shape index (κ3) is 3.66. The molecule has 0 spiro atoms. The summed E-state index contributed by atoms with van der Waals surface area (Å²) >= 11 is 0. The molecule has 7 nitrogen and oxygen atoms in total. The molecule has 1 fully saturated rings. The fourth-order valence-corrected chi connectivity index (χ4v) is 4.75. The van der Waals surface area contributed by atoms with Gasteiger partial charge in [0, 0.05) is 29.6 Å². The summed E-state index contributed by atoms with van der Waals surface area (Å²) in [6.45, 7) is 0.354. The number of imidazole rings is 1. The van der Waals surface area contributed by atoms with Gasteiger partial charge in [0.15, 0.2) is 0 Å². The lowest BCUT2D eigenvalue weighted by atomic mass is 9.84. The van der Waals surface area contributed by atoms with Crippen LogP contribution in [0.1, 0.15) is 54.3 Å². The van der Waals surface area contributed by atoms with E-state index in [4.69, 9.17) is 10.2 Å². The third-order valence-electron chi connectivity index (χ3n) is 6.31. The number of aromatic nitrogens is 4. The maximum atomic E-state index is 12.6. The minimum atomic E-state index is -0.109. The van der Waals surface area contributed by atoms with E-state index in [1.165, 1.54) is 0 Å². The second-order valence-electron chi connectivity index (χ2n) is 8.22. The Balaban J connectivity index is 1.49. The molecule has 1 aromatic carbocycles. The number of hydrogen-bond donors (Lipinski definition) is 2. The van der Waals surface area contributed by atoms with Crippen molar-refractivity contribution in [2.75, 3.05) is 0 Å². The normalized spacial score (nSPS) is 18.8. The number of carbonyl (C=O) groups is 1. The number of nitriles is 1. The topological polar surface area (TPSA) is 99.4 Å². The highest BCUT2D eigenvalue weighted by molar-refractivity contribution is 6.01. The Kier molecular flexibility index (Phi) is 5.13. The minimum Gasteiger partial charge on any atom is -0.346 e. The summed E-state index contributed by atoms with van der Waals surface area (Å²) in [5.41, 5.74) is 3.39. The van der Waals surface area contributed by atoms with E-state index in [0.29, 0.717) is 30.5 Å². The van der Waals surface area contributed by atoms with Crippen molar-refractivity contribution in [2.45, 2.75) is 44.7 Å². The lowest BCUT2D eigenvalue weighted by Crippen LogP contribution is -2.26. The number of hydrogen-bond acceptors (Lipinski definition) is 4. The van der Waals surface area contributed by atoms with E-state index >= 15 is 0 Å². The lowest BCUT2D eigenvalue weighted by molar-refractivity contribution is 0.0949. The first-order chi connectivity index (χ1) is 15.2. The van der Waals surface area contributed by atoms with Crippen molar-refractivity contribution in [3.63, 3.8) is 0 Å². The number of amides is 1. The molecule has 0 saturated heterocycles. The van der Waals surface area contributed by atoms with Gasteiger partial charge in [-0.25, -0.2) is 9.97 Å². The number of H-pyrrole nitrogens is 1. The van der Waals surface area contributed by atoms with E-state index in [2.05, 4.69) is 25.9 Å². The number of nitrogens with zero attached hydrogens (tertiary/aromatic N) is 4. The molecule has 7 heteroatoms. The van der Waals surface area contributed by atoms with Crippen molar-refractivity contribution < 1.29 is 4.79 Å². The first kappa shape index (κ1) is 19.3. The molecule has 1 aliphatic rings. The van der Waals surface area contributed by atoms with Crippen LogP contribution >= 0.6 is 0 Å². The van der Waals surface area contributed by atoms with E-state index in [1.807, 2.05) is 42.6 Å². The molecule has 31 heavy (non-hydrogen) atoms. The van der Waals surface area contributed by atoms with Crippen LogP contribution in [0.15, 0.2) is 48.8 Å². The van der Waals surface area contributed by atoms with Gasteiger partial charge in [0.2, 0.25) is 0 Å². The summed E-state index contributed by atoms with van der Waals surface area (Å²) in [4.78, 5) is 25.2. The highest BCUT2D eigenvalue weighted by atomic mass is 16.1. The highest BCUT2D eigenvalue weighted by Gasteiger charge is 2.27. The molecule has 1 aliphatic carbocycles. The monoisotopic (exact) mass is 412 g/mol. The molecule has 3 aromatic heterocycles. The quantitative estimate of drug-likeness (QED) is 0.504. The van der Waals surface area contributed by atoms with Crippen LogP contribution in [0.4, 0.5) is 0 Å². The number of aromatic amines is 1. The molecule has 0 unspecified atom stereocenters. The van der Waals surface area contributed by atoms with Crippen LogP contribution in [0.5, 0.6) is 0 Å². The lowest BCUT2D eigenvalue weighted by Gasteiger charge is -2.30. The van der Waals surface area contributed by atoms with Gasteiger partial charge in [-0.1, -0.05) is 18.2 Å². The molecule has 1 saturated carbocycles. The molecule has 156 valence electrons. The van der Waals surface area contributed by atoms with Crippen molar-refractivity contribution >= 4 is 28.0 Å². The van der Waals surface area contributed by atoms with Gasteiger partial charge in [-0.3, -0.25) is 4.79 Å². The van der Waals surface area contributed by atoms with Gasteiger partial charge in [-0.2, -0.15) is 5.26 Å². The van der Waals surface area contributed by atoms with Gasteiger partial charge in [-0.05, 0) is 49.8 Å². The zero-order valence-corrected chi connectivity index (χ0v) is 17.2. The molecule has 2 N–H and O–H groups in total. The van der Waals surface area contributed by atoms with Crippen LogP contribution in [0, 0.1) is 17.2 Å². The second-order valence-corrected chi connectivity index (χ2v) is 8.22. The van der Waals surface area contributed by atoms with Crippen LogP contribution in [0.25, 0.3) is 22.1 Å². The Bertz CT molecular complexity index is 1260. The van der Waals surface area contributed by atoms with E-state index < -0.39 is 0 Å². The van der Waals surface area contributed by atoms with E-state index in [0.717, 1.165) is 53.6 Å². The number of pyridine rings is 1. The third-order valence-corrected chi connectivity index (χ3v) is 6.31. The van der Waals surface area contributed by atoms with Crippen molar-refractivity contribution in [1.82, 2.24) is 24.8 Å². The van der Waals surface area contributed by atoms with Crippen molar-refractivity contribution in [3.05, 3.63) is 60.2 Å². The smallest absolute Gasteiger partial charge is 0.251 e. The number of benzene rings is 1. The Hall–Kier alpha value is -3.66. The molecular formula is C24H24N6O. The van der Waals surface area contributed by atoms with Crippen molar-refractivity contribution in [1.29, 1.82) is 5.26 Å². The molecular weight excluding hydrogens is 388 g/mol. The molecule has 0 bridgehead atoms. The summed E-state index contributed by atoms with van der Waals surface area (Å²) in [5, 5.41) is 13.1. The predicted molar refractivity (Wildman–Crippen MR) is 118 cm³/mol. The van der Waals surface area contributed by atoms with Crippen molar-refractivity contribution in [3.8, 4) is 6.07 Å². The Morgan fingerprint density at radius 1 is 1.19 bits per heavy atom. The van der Waals surface area contributed by atoms with Crippen LogP contribution < -0.4 is 5.32 Å². The molecule has 1 amide bonds. The molecule has 0 atom stereocenters. The predicted octanol–water partition coefficient (Wildman–Crippen LogP) is 4.49. The second kappa shape index (κ2) is 8.23. The first-order valence-electron chi connectivity index (χ1n) is 10.8. The average molecular weight is 412 g/mol. The summed E-state index contributed by atoms with van der Waals surface area (Å²) in [6, 6.07) is 13.9. The van der Waals surface area contributed by atoms with Gasteiger partial charge >= 0.3 is 0 Å². The molecule has 0 radical (unpaired) electrons. The van der Waals surface area contributed by atoms with Crippen LogP contribution in [-0.4, -0.2) is 25.4 Å². The molecule has 0 aliphatic heterocycles. The molecule has 4 aromatic rings. The minimum absolute atomic E-state index is 0.109. The maximum absolute atomic E-state index is 12.6. The van der Waals surface area contributed by atoms with E-state index in [9.17, 15) is 4.79 Å².